The molecule has 0 saturated carbocycles. The van der Waals surface area contributed by atoms with Gasteiger partial charge in [-0.3, -0.25) is 4.79 Å². The first-order valence-corrected chi connectivity index (χ1v) is 9.06. The van der Waals surface area contributed by atoms with Crippen LogP contribution < -0.4 is 5.32 Å². The molecule has 1 aromatic heterocycles. The molecule has 0 radical (unpaired) electrons. The normalized spacial score (nSPS) is 11.0. The Morgan fingerprint density at radius 1 is 1.32 bits per heavy atom. The molecule has 2 rings (SSSR count). The summed E-state index contributed by atoms with van der Waals surface area (Å²) in [5.41, 5.74) is 3.00. The number of anilines is 1. The van der Waals surface area contributed by atoms with Crippen molar-refractivity contribution in [3.63, 3.8) is 0 Å². The highest BCUT2D eigenvalue weighted by atomic mass is 32.2. The average molecular weight is 335 g/mol. The molecule has 0 amide bonds. The molecule has 1 aromatic carbocycles. The maximum absolute atomic E-state index is 12.3. The third-order valence-corrected chi connectivity index (χ3v) is 5.09. The van der Waals surface area contributed by atoms with Gasteiger partial charge in [-0.15, -0.1) is 10.2 Å². The Morgan fingerprint density at radius 3 is 2.77 bits per heavy atom. The fraction of sp³-hybridized carbons (Fsp3) is 0.438. The van der Waals surface area contributed by atoms with E-state index in [1.165, 1.54) is 28.7 Å². The Hall–Kier alpha value is -1.40. The van der Waals surface area contributed by atoms with Crippen LogP contribution in [0.1, 0.15) is 35.3 Å². The van der Waals surface area contributed by atoms with E-state index >= 15 is 0 Å². The lowest BCUT2D eigenvalue weighted by atomic mass is 10.0. The van der Waals surface area contributed by atoms with Gasteiger partial charge in [-0.2, -0.15) is 0 Å². The van der Waals surface area contributed by atoms with Crippen molar-refractivity contribution in [1.82, 2.24) is 10.2 Å². The van der Waals surface area contributed by atoms with Crippen molar-refractivity contribution in [2.75, 3.05) is 17.6 Å². The summed E-state index contributed by atoms with van der Waals surface area (Å²) in [7, 11) is 0. The highest BCUT2D eigenvalue weighted by molar-refractivity contribution is 8.01. The van der Waals surface area contributed by atoms with Crippen molar-refractivity contribution >= 4 is 34.0 Å². The second-order valence-corrected chi connectivity index (χ2v) is 7.88. The first kappa shape index (κ1) is 17.0. The van der Waals surface area contributed by atoms with Gasteiger partial charge in [-0.25, -0.2) is 0 Å². The summed E-state index contributed by atoms with van der Waals surface area (Å²) >= 11 is 2.94. The van der Waals surface area contributed by atoms with E-state index < -0.39 is 0 Å². The maximum atomic E-state index is 12.3. The van der Waals surface area contributed by atoms with Crippen LogP contribution in [0.3, 0.4) is 0 Å². The van der Waals surface area contributed by atoms with Crippen LogP contribution in [0.2, 0.25) is 0 Å². The minimum absolute atomic E-state index is 0.134. The number of Topliss-reactive ketones (excluding diaryl/α,β-unsaturated/α-hetero) is 1. The maximum Gasteiger partial charge on any atom is 0.206 e. The molecule has 0 saturated heterocycles. The molecule has 1 N–H and O–H groups in total. The molecule has 118 valence electrons. The van der Waals surface area contributed by atoms with Gasteiger partial charge in [0.25, 0.3) is 0 Å². The zero-order valence-corrected chi connectivity index (χ0v) is 15.0. The lowest BCUT2D eigenvalue weighted by Crippen LogP contribution is -2.07. The summed E-state index contributed by atoms with van der Waals surface area (Å²) in [6, 6.07) is 5.92. The van der Waals surface area contributed by atoms with Crippen LogP contribution in [0.5, 0.6) is 0 Å². The molecule has 0 aliphatic heterocycles. The Morgan fingerprint density at radius 2 is 2.09 bits per heavy atom. The van der Waals surface area contributed by atoms with E-state index in [0.29, 0.717) is 11.7 Å². The number of carbonyl (C=O) groups excluding carboxylic acids is 1. The molecular weight excluding hydrogens is 314 g/mol. The molecule has 0 unspecified atom stereocenters. The topological polar surface area (TPSA) is 54.9 Å². The first-order chi connectivity index (χ1) is 10.5. The van der Waals surface area contributed by atoms with Gasteiger partial charge in [0.05, 0.1) is 5.75 Å². The van der Waals surface area contributed by atoms with Gasteiger partial charge in [-0.1, -0.05) is 60.7 Å². The Kier molecular flexibility index (Phi) is 5.97. The summed E-state index contributed by atoms with van der Waals surface area (Å²) in [5.74, 6) is 1.09. The van der Waals surface area contributed by atoms with Gasteiger partial charge in [0.1, 0.15) is 0 Å². The minimum Gasteiger partial charge on any atom is -0.360 e. The second kappa shape index (κ2) is 7.74. The number of rotatable bonds is 7. The van der Waals surface area contributed by atoms with Crippen LogP contribution >= 0.6 is 23.1 Å². The highest BCUT2D eigenvalue weighted by Gasteiger charge is 2.12. The zero-order chi connectivity index (χ0) is 16.1. The van der Waals surface area contributed by atoms with Gasteiger partial charge in [0.2, 0.25) is 5.13 Å². The van der Waals surface area contributed by atoms with Crippen LogP contribution in [-0.4, -0.2) is 28.3 Å². The van der Waals surface area contributed by atoms with Crippen LogP contribution in [0.4, 0.5) is 5.13 Å². The van der Waals surface area contributed by atoms with Crippen molar-refractivity contribution in [3.05, 3.63) is 34.9 Å². The number of carbonyl (C=O) groups is 1. The summed E-state index contributed by atoms with van der Waals surface area (Å²) < 4.78 is 0.823. The number of nitrogens with one attached hydrogen (secondary N) is 1. The first-order valence-electron chi connectivity index (χ1n) is 7.26. The fourth-order valence-electron chi connectivity index (χ4n) is 1.96. The third kappa shape index (κ3) is 4.81. The molecule has 1 heterocycles. The summed E-state index contributed by atoms with van der Waals surface area (Å²) in [6.45, 7) is 9.17. The van der Waals surface area contributed by atoms with Crippen LogP contribution in [0.15, 0.2) is 22.5 Å². The fourth-order valence-corrected chi connectivity index (χ4v) is 3.60. The molecule has 0 aliphatic carbocycles. The molecule has 0 bridgehead atoms. The second-order valence-electron chi connectivity index (χ2n) is 5.68. The Balaban J connectivity index is 1.91. The highest BCUT2D eigenvalue weighted by Crippen LogP contribution is 2.26. The molecule has 0 spiro atoms. The van der Waals surface area contributed by atoms with Gasteiger partial charge >= 0.3 is 0 Å². The van der Waals surface area contributed by atoms with E-state index in [9.17, 15) is 4.79 Å². The molecular formula is C16H21N3OS2. The minimum atomic E-state index is 0.134. The van der Waals surface area contributed by atoms with Gasteiger partial charge in [0, 0.05) is 12.1 Å². The van der Waals surface area contributed by atoms with Crippen LogP contribution in [0, 0.1) is 19.8 Å². The SMILES string of the molecule is Cc1ccc(C(=O)CSc2nnc(NCC(C)C)s2)c(C)c1. The summed E-state index contributed by atoms with van der Waals surface area (Å²) in [4.78, 5) is 12.3. The largest absolute Gasteiger partial charge is 0.360 e. The lowest BCUT2D eigenvalue weighted by Gasteiger charge is -2.05. The quantitative estimate of drug-likeness (QED) is 0.607. The number of aryl methyl sites for hydroxylation is 2. The van der Waals surface area contributed by atoms with E-state index in [-0.39, 0.29) is 5.78 Å². The average Bonchev–Trinajstić information content (AvgIpc) is 2.90. The predicted octanol–water partition coefficient (Wildman–Crippen LogP) is 4.20. The van der Waals surface area contributed by atoms with Crippen molar-refractivity contribution in [1.29, 1.82) is 0 Å². The zero-order valence-electron chi connectivity index (χ0n) is 13.3. The standard InChI is InChI=1S/C16H21N3OS2/c1-10(2)8-17-15-18-19-16(22-15)21-9-14(20)13-6-5-11(3)7-12(13)4/h5-7,10H,8-9H2,1-4H3,(H,17,18). The molecule has 22 heavy (non-hydrogen) atoms. The Labute approximate surface area is 139 Å². The number of hydrogen-bond donors (Lipinski definition) is 1. The van der Waals surface area contributed by atoms with E-state index in [2.05, 4.69) is 29.4 Å². The number of thioether (sulfide) groups is 1. The van der Waals surface area contributed by atoms with Gasteiger partial charge in [0.15, 0.2) is 10.1 Å². The van der Waals surface area contributed by atoms with Crippen LogP contribution in [-0.2, 0) is 0 Å². The smallest absolute Gasteiger partial charge is 0.206 e. The van der Waals surface area contributed by atoms with E-state index in [1.54, 1.807) is 0 Å². The molecule has 0 aliphatic rings. The van der Waals surface area contributed by atoms with E-state index in [4.69, 9.17) is 0 Å². The lowest BCUT2D eigenvalue weighted by molar-refractivity contribution is 0.102. The number of benzene rings is 1. The van der Waals surface area contributed by atoms with Crippen molar-refractivity contribution in [2.45, 2.75) is 32.0 Å². The Bertz CT molecular complexity index is 653. The van der Waals surface area contributed by atoms with Crippen molar-refractivity contribution in [2.24, 2.45) is 5.92 Å². The summed E-state index contributed by atoms with van der Waals surface area (Å²) in [5, 5.41) is 12.3. The monoisotopic (exact) mass is 335 g/mol. The number of aromatic nitrogens is 2. The number of nitrogens with zero attached hydrogens (tertiary/aromatic N) is 2. The molecule has 4 nitrogen and oxygen atoms in total. The van der Waals surface area contributed by atoms with E-state index in [0.717, 1.165) is 27.1 Å². The molecule has 0 atom stereocenters. The molecule has 2 aromatic rings. The third-order valence-electron chi connectivity index (χ3n) is 3.08. The predicted molar refractivity (Wildman–Crippen MR) is 94.2 cm³/mol. The molecule has 0 fully saturated rings. The number of hydrogen-bond acceptors (Lipinski definition) is 6. The van der Waals surface area contributed by atoms with E-state index in [1.807, 2.05) is 32.0 Å². The van der Waals surface area contributed by atoms with Crippen molar-refractivity contribution < 1.29 is 4.79 Å². The summed E-state index contributed by atoms with van der Waals surface area (Å²) in [6.07, 6.45) is 0. The van der Waals surface area contributed by atoms with Crippen molar-refractivity contribution in [3.8, 4) is 0 Å². The van der Waals surface area contributed by atoms with Gasteiger partial charge in [-0.05, 0) is 25.3 Å². The number of ketones is 1. The van der Waals surface area contributed by atoms with Crippen LogP contribution in [0.25, 0.3) is 0 Å². The molecule has 6 heteroatoms. The van der Waals surface area contributed by atoms with Gasteiger partial charge < -0.3 is 5.32 Å².